The highest BCUT2D eigenvalue weighted by Crippen LogP contribution is 2.29. The van der Waals surface area contributed by atoms with Crippen LogP contribution in [0.5, 0.6) is 5.75 Å². The van der Waals surface area contributed by atoms with Crippen LogP contribution >= 0.6 is 12.2 Å². The van der Waals surface area contributed by atoms with E-state index in [0.29, 0.717) is 0 Å². The molecular weight excluding hydrogens is 285 g/mol. The molecule has 1 aromatic rings. The van der Waals surface area contributed by atoms with Crippen LogP contribution in [0, 0.1) is 0 Å². The summed E-state index contributed by atoms with van der Waals surface area (Å²) in [6, 6.07) is 5.26. The summed E-state index contributed by atoms with van der Waals surface area (Å²) >= 11 is 4.72. The maximum absolute atomic E-state index is 12.2. The summed E-state index contributed by atoms with van der Waals surface area (Å²) in [5.41, 5.74) is -0.0405. The topological polar surface area (TPSA) is 59.6 Å². The van der Waals surface area contributed by atoms with Crippen LogP contribution in [0.2, 0.25) is 0 Å². The average molecular weight is 294 g/mol. The Hall–Kier alpha value is -2.03. The lowest BCUT2D eigenvalue weighted by atomic mass is 10.3. The highest BCUT2D eigenvalue weighted by Gasteiger charge is 2.32. The number of hydrogen-bond donors (Lipinski definition) is 2. The number of hydrogen-bond acceptors (Lipinski definition) is 4. The quantitative estimate of drug-likeness (QED) is 0.821. The molecule has 0 aliphatic heterocycles. The van der Waals surface area contributed by atoms with Crippen LogP contribution in [0.15, 0.2) is 24.3 Å². The minimum Gasteiger partial charge on any atom is -0.453 e. The third-order valence-corrected chi connectivity index (χ3v) is 1.97. The summed E-state index contributed by atoms with van der Waals surface area (Å²) in [6.07, 6.45) is -5.67. The Balaban J connectivity index is 2.78. The van der Waals surface area contributed by atoms with Gasteiger partial charge in [-0.1, -0.05) is 12.1 Å². The molecule has 0 spiro atoms. The lowest BCUT2D eigenvalue weighted by molar-refractivity contribution is -0.274. The van der Waals surface area contributed by atoms with Gasteiger partial charge >= 0.3 is 12.5 Å². The molecule has 1 amide bonds. The van der Waals surface area contributed by atoms with Crippen molar-refractivity contribution in [3.05, 3.63) is 24.3 Å². The van der Waals surface area contributed by atoms with E-state index in [9.17, 15) is 18.0 Å². The molecule has 5 nitrogen and oxygen atoms in total. The van der Waals surface area contributed by atoms with Gasteiger partial charge in [0.2, 0.25) is 0 Å². The molecule has 19 heavy (non-hydrogen) atoms. The summed E-state index contributed by atoms with van der Waals surface area (Å²) in [4.78, 5) is 10.9. The first-order valence-corrected chi connectivity index (χ1v) is 5.23. The Kier molecular flexibility index (Phi) is 4.93. The van der Waals surface area contributed by atoms with Crippen LogP contribution in [0.3, 0.4) is 0 Å². The van der Waals surface area contributed by atoms with Gasteiger partial charge < -0.3 is 14.8 Å². The van der Waals surface area contributed by atoms with E-state index >= 15 is 0 Å². The zero-order chi connectivity index (χ0) is 14.5. The number of benzene rings is 1. The van der Waals surface area contributed by atoms with Gasteiger partial charge in [0, 0.05) is 0 Å². The lowest BCUT2D eigenvalue weighted by Crippen LogP contribution is -2.34. The van der Waals surface area contributed by atoms with Gasteiger partial charge in [0.25, 0.3) is 0 Å². The van der Waals surface area contributed by atoms with Crippen molar-refractivity contribution in [3.63, 3.8) is 0 Å². The van der Waals surface area contributed by atoms with Crippen molar-refractivity contribution in [1.82, 2.24) is 5.32 Å². The van der Waals surface area contributed by atoms with Gasteiger partial charge in [-0.05, 0) is 24.4 Å². The largest absolute Gasteiger partial charge is 0.573 e. The third-order valence-electron chi connectivity index (χ3n) is 1.76. The zero-order valence-corrected chi connectivity index (χ0v) is 10.4. The Morgan fingerprint density at radius 3 is 2.53 bits per heavy atom. The second kappa shape index (κ2) is 6.23. The first-order chi connectivity index (χ1) is 8.81. The summed E-state index contributed by atoms with van der Waals surface area (Å²) < 4.78 is 44.5. The number of rotatable bonds is 2. The molecule has 1 rings (SSSR count). The van der Waals surface area contributed by atoms with Gasteiger partial charge in [0.15, 0.2) is 10.9 Å². The van der Waals surface area contributed by atoms with Gasteiger partial charge in [0.1, 0.15) is 0 Å². The van der Waals surface area contributed by atoms with Crippen molar-refractivity contribution in [2.24, 2.45) is 0 Å². The third kappa shape index (κ3) is 5.42. The molecule has 0 bridgehead atoms. The Morgan fingerprint density at radius 2 is 1.95 bits per heavy atom. The van der Waals surface area contributed by atoms with E-state index in [2.05, 4.69) is 20.1 Å². The average Bonchev–Trinajstić information content (AvgIpc) is 2.29. The minimum atomic E-state index is -4.82. The fraction of sp³-hybridized carbons (Fsp3) is 0.200. The highest BCUT2D eigenvalue weighted by atomic mass is 32.1. The smallest absolute Gasteiger partial charge is 0.453 e. The van der Waals surface area contributed by atoms with Crippen LogP contribution in [-0.4, -0.2) is 24.7 Å². The number of carbonyl (C=O) groups is 1. The first-order valence-electron chi connectivity index (χ1n) is 4.82. The van der Waals surface area contributed by atoms with Gasteiger partial charge in [-0.25, -0.2) is 4.79 Å². The SMILES string of the molecule is COC(=O)NC(=S)Nc1ccccc1OC(F)(F)F. The van der Waals surface area contributed by atoms with Crippen LogP contribution in [-0.2, 0) is 4.74 Å². The first kappa shape index (κ1) is 15.0. The van der Waals surface area contributed by atoms with Crippen molar-refractivity contribution < 1.29 is 27.4 Å². The zero-order valence-electron chi connectivity index (χ0n) is 9.58. The second-order valence-electron chi connectivity index (χ2n) is 3.11. The molecule has 0 saturated heterocycles. The summed E-state index contributed by atoms with van der Waals surface area (Å²) in [6.45, 7) is 0. The molecule has 0 heterocycles. The van der Waals surface area contributed by atoms with E-state index < -0.39 is 18.2 Å². The number of carbonyl (C=O) groups excluding carboxylic acids is 1. The molecule has 104 valence electrons. The number of alkyl halides is 3. The van der Waals surface area contributed by atoms with Crippen molar-refractivity contribution in [3.8, 4) is 5.75 Å². The van der Waals surface area contributed by atoms with Crippen molar-refractivity contribution >= 4 is 29.1 Å². The number of halogens is 3. The molecular formula is C10H9F3N2O3S. The van der Waals surface area contributed by atoms with E-state index in [-0.39, 0.29) is 10.8 Å². The van der Waals surface area contributed by atoms with E-state index in [1.54, 1.807) is 0 Å². The van der Waals surface area contributed by atoms with Crippen molar-refractivity contribution in [2.45, 2.75) is 6.36 Å². The summed E-state index contributed by atoms with van der Waals surface area (Å²) in [5, 5.41) is 4.27. The molecule has 0 aromatic heterocycles. The van der Waals surface area contributed by atoms with Gasteiger partial charge in [-0.2, -0.15) is 0 Å². The molecule has 0 atom stereocenters. The minimum absolute atomic E-state index is 0.0405. The van der Waals surface area contributed by atoms with E-state index in [1.165, 1.54) is 18.2 Å². The number of anilines is 1. The summed E-state index contributed by atoms with van der Waals surface area (Å²) in [5.74, 6) is -0.469. The number of para-hydroxylation sites is 2. The fourth-order valence-electron chi connectivity index (χ4n) is 1.08. The number of alkyl carbamates (subject to hydrolysis) is 1. The van der Waals surface area contributed by atoms with Gasteiger partial charge in [-0.3, -0.25) is 5.32 Å². The van der Waals surface area contributed by atoms with Crippen LogP contribution in [0.1, 0.15) is 0 Å². The number of thiocarbonyl (C=S) groups is 1. The fourth-order valence-corrected chi connectivity index (χ4v) is 1.27. The molecule has 1 aromatic carbocycles. The number of nitrogens with one attached hydrogen (secondary N) is 2. The maximum atomic E-state index is 12.2. The van der Waals surface area contributed by atoms with E-state index in [1.807, 2.05) is 0 Å². The van der Waals surface area contributed by atoms with E-state index in [4.69, 9.17) is 12.2 Å². The second-order valence-corrected chi connectivity index (χ2v) is 3.52. The Labute approximate surface area is 111 Å². The van der Waals surface area contributed by atoms with Crippen LogP contribution < -0.4 is 15.4 Å². The highest BCUT2D eigenvalue weighted by molar-refractivity contribution is 7.80. The number of methoxy groups -OCH3 is 1. The van der Waals surface area contributed by atoms with E-state index in [0.717, 1.165) is 13.2 Å². The van der Waals surface area contributed by atoms with Gasteiger partial charge in [0.05, 0.1) is 12.8 Å². The predicted molar refractivity (Wildman–Crippen MR) is 64.9 cm³/mol. The van der Waals surface area contributed by atoms with Crippen LogP contribution in [0.25, 0.3) is 0 Å². The molecule has 0 saturated carbocycles. The van der Waals surface area contributed by atoms with Crippen molar-refractivity contribution in [1.29, 1.82) is 0 Å². The summed E-state index contributed by atoms with van der Waals surface area (Å²) in [7, 11) is 1.12. The molecule has 9 heteroatoms. The van der Waals surface area contributed by atoms with Crippen LogP contribution in [0.4, 0.5) is 23.7 Å². The predicted octanol–water partition coefficient (Wildman–Crippen LogP) is 2.64. The molecule has 0 aliphatic carbocycles. The lowest BCUT2D eigenvalue weighted by Gasteiger charge is -2.14. The molecule has 2 N–H and O–H groups in total. The Morgan fingerprint density at radius 1 is 1.32 bits per heavy atom. The molecule has 0 aliphatic rings. The monoisotopic (exact) mass is 294 g/mol. The van der Waals surface area contributed by atoms with Gasteiger partial charge in [-0.15, -0.1) is 13.2 Å². The molecule has 0 radical (unpaired) electrons. The molecule has 0 unspecified atom stereocenters. The normalized spacial score (nSPS) is 10.5. The van der Waals surface area contributed by atoms with Crippen molar-refractivity contribution in [2.75, 3.05) is 12.4 Å². The Bertz CT molecular complexity index is 479. The number of ether oxygens (including phenoxy) is 2. The standard InChI is InChI=1S/C10H9F3N2O3S/c1-17-9(16)15-8(19)14-6-4-2-3-5-7(6)18-10(11,12)13/h2-5H,1H3,(H2,14,15,16,19). The molecule has 0 fully saturated rings. The maximum Gasteiger partial charge on any atom is 0.573 e. The number of amides is 1.